The smallest absolute Gasteiger partial charge is 0.155 e. The first-order valence-corrected chi connectivity index (χ1v) is 4.09. The Hall–Kier alpha value is -0.590. The third kappa shape index (κ3) is 2.81. The monoisotopic (exact) mass is 138 g/mol. The van der Waals surface area contributed by atoms with Gasteiger partial charge in [0.15, 0.2) is 5.78 Å². The Kier molecular flexibility index (Phi) is 3.20. The summed E-state index contributed by atoms with van der Waals surface area (Å²) < 4.78 is 0. The van der Waals surface area contributed by atoms with Crippen molar-refractivity contribution in [1.82, 2.24) is 0 Å². The van der Waals surface area contributed by atoms with Gasteiger partial charge in [-0.15, -0.1) is 0 Å². The third-order valence-corrected chi connectivity index (χ3v) is 1.85. The molecule has 1 rings (SSSR count). The lowest BCUT2D eigenvalue weighted by atomic mass is 10.1. The molecule has 0 spiro atoms. The van der Waals surface area contributed by atoms with E-state index in [1.807, 2.05) is 6.08 Å². The highest BCUT2D eigenvalue weighted by Gasteiger charge is 1.98. The van der Waals surface area contributed by atoms with Crippen LogP contribution in [0.4, 0.5) is 0 Å². The summed E-state index contributed by atoms with van der Waals surface area (Å²) in [6.45, 7) is 0. The van der Waals surface area contributed by atoms with E-state index in [-0.39, 0.29) is 0 Å². The normalized spacial score (nSPS) is 21.4. The van der Waals surface area contributed by atoms with Gasteiger partial charge in [0.1, 0.15) is 0 Å². The van der Waals surface area contributed by atoms with Crippen LogP contribution in [0.3, 0.4) is 0 Å². The predicted molar refractivity (Wildman–Crippen MR) is 41.8 cm³/mol. The molecule has 10 heavy (non-hydrogen) atoms. The van der Waals surface area contributed by atoms with E-state index in [0.29, 0.717) is 5.78 Å². The molecule has 0 fully saturated rings. The standard InChI is InChI=1S/C9H14O/c10-9-7-5-3-1-2-4-6-8-9/h5,7H,1-4,6,8H2. The molecule has 1 nitrogen and oxygen atoms in total. The van der Waals surface area contributed by atoms with Crippen LogP contribution in [-0.4, -0.2) is 5.78 Å². The van der Waals surface area contributed by atoms with Crippen LogP contribution in [-0.2, 0) is 4.79 Å². The van der Waals surface area contributed by atoms with Crippen molar-refractivity contribution in [2.45, 2.75) is 38.5 Å². The van der Waals surface area contributed by atoms with Crippen molar-refractivity contribution in [1.29, 1.82) is 0 Å². The molecule has 0 bridgehead atoms. The molecular weight excluding hydrogens is 124 g/mol. The molecule has 0 radical (unpaired) electrons. The highest BCUT2D eigenvalue weighted by Crippen LogP contribution is 2.09. The number of hydrogen-bond donors (Lipinski definition) is 0. The van der Waals surface area contributed by atoms with Gasteiger partial charge in [0, 0.05) is 6.42 Å². The quantitative estimate of drug-likeness (QED) is 0.502. The third-order valence-electron chi connectivity index (χ3n) is 1.85. The van der Waals surface area contributed by atoms with Crippen LogP contribution in [0.15, 0.2) is 12.2 Å². The maximum atomic E-state index is 10.9. The van der Waals surface area contributed by atoms with E-state index < -0.39 is 0 Å². The van der Waals surface area contributed by atoms with E-state index in [1.165, 1.54) is 19.3 Å². The number of allylic oxidation sites excluding steroid dienone is 2. The lowest BCUT2D eigenvalue weighted by molar-refractivity contribution is -0.114. The molecule has 0 aromatic carbocycles. The van der Waals surface area contributed by atoms with Gasteiger partial charge < -0.3 is 0 Å². The van der Waals surface area contributed by atoms with E-state index in [4.69, 9.17) is 0 Å². The highest BCUT2D eigenvalue weighted by atomic mass is 16.1. The van der Waals surface area contributed by atoms with Crippen LogP contribution < -0.4 is 0 Å². The summed E-state index contributed by atoms with van der Waals surface area (Å²) in [6, 6.07) is 0. The van der Waals surface area contributed by atoms with E-state index in [0.717, 1.165) is 19.3 Å². The van der Waals surface area contributed by atoms with Gasteiger partial charge in [-0.3, -0.25) is 4.79 Å². The lowest BCUT2D eigenvalue weighted by Gasteiger charge is -1.93. The van der Waals surface area contributed by atoms with Gasteiger partial charge in [-0.25, -0.2) is 0 Å². The van der Waals surface area contributed by atoms with Crippen LogP contribution >= 0.6 is 0 Å². The van der Waals surface area contributed by atoms with E-state index in [2.05, 4.69) is 0 Å². The topological polar surface area (TPSA) is 17.1 Å². The van der Waals surface area contributed by atoms with E-state index in [1.54, 1.807) is 6.08 Å². The predicted octanol–water partition coefficient (Wildman–Crippen LogP) is 2.47. The minimum absolute atomic E-state index is 0.307. The molecule has 0 atom stereocenters. The first-order valence-electron chi connectivity index (χ1n) is 4.09. The van der Waals surface area contributed by atoms with Crippen LogP contribution in [0.2, 0.25) is 0 Å². The molecular formula is C9H14O. The number of rotatable bonds is 0. The van der Waals surface area contributed by atoms with Gasteiger partial charge in [0.05, 0.1) is 0 Å². The van der Waals surface area contributed by atoms with Crippen LogP contribution in [0.5, 0.6) is 0 Å². The number of carbonyl (C=O) groups is 1. The second-order valence-corrected chi connectivity index (χ2v) is 2.82. The Labute approximate surface area is 62.1 Å². The van der Waals surface area contributed by atoms with Crippen molar-refractivity contribution in [3.8, 4) is 0 Å². The fourth-order valence-electron chi connectivity index (χ4n) is 1.21. The fourth-order valence-corrected chi connectivity index (χ4v) is 1.21. The molecule has 0 N–H and O–H groups in total. The van der Waals surface area contributed by atoms with Gasteiger partial charge in [-0.1, -0.05) is 18.9 Å². The molecule has 0 aliphatic heterocycles. The average molecular weight is 138 g/mol. The summed E-state index contributed by atoms with van der Waals surface area (Å²) in [5.74, 6) is 0.307. The Morgan fingerprint density at radius 2 is 1.90 bits per heavy atom. The van der Waals surface area contributed by atoms with Crippen molar-refractivity contribution < 1.29 is 4.79 Å². The average Bonchev–Trinajstić information content (AvgIpc) is 2.02. The summed E-state index contributed by atoms with van der Waals surface area (Å²) in [6.07, 6.45) is 10.5. The zero-order valence-electron chi connectivity index (χ0n) is 6.31. The van der Waals surface area contributed by atoms with Crippen LogP contribution in [0.1, 0.15) is 38.5 Å². The molecule has 0 aromatic rings. The molecule has 1 heteroatoms. The molecule has 56 valence electrons. The van der Waals surface area contributed by atoms with Crippen molar-refractivity contribution in [3.05, 3.63) is 12.2 Å². The minimum Gasteiger partial charge on any atom is -0.295 e. The fraction of sp³-hybridized carbons (Fsp3) is 0.667. The lowest BCUT2D eigenvalue weighted by Crippen LogP contribution is -1.90. The zero-order chi connectivity index (χ0) is 7.23. The van der Waals surface area contributed by atoms with E-state index in [9.17, 15) is 4.79 Å². The number of ketones is 1. The van der Waals surface area contributed by atoms with Crippen molar-refractivity contribution >= 4 is 5.78 Å². The summed E-state index contributed by atoms with van der Waals surface area (Å²) in [5, 5.41) is 0. The molecule has 0 heterocycles. The summed E-state index contributed by atoms with van der Waals surface area (Å²) in [7, 11) is 0. The number of hydrogen-bond acceptors (Lipinski definition) is 1. The summed E-state index contributed by atoms with van der Waals surface area (Å²) in [4.78, 5) is 10.9. The van der Waals surface area contributed by atoms with Crippen LogP contribution in [0.25, 0.3) is 0 Å². The first-order chi connectivity index (χ1) is 4.89. The Balaban J connectivity index is 2.35. The minimum atomic E-state index is 0.307. The maximum absolute atomic E-state index is 10.9. The van der Waals surface area contributed by atoms with Crippen molar-refractivity contribution in [2.75, 3.05) is 0 Å². The van der Waals surface area contributed by atoms with Crippen molar-refractivity contribution in [2.24, 2.45) is 0 Å². The summed E-state index contributed by atoms with van der Waals surface area (Å²) >= 11 is 0. The largest absolute Gasteiger partial charge is 0.295 e. The zero-order valence-corrected chi connectivity index (χ0v) is 6.31. The number of carbonyl (C=O) groups excluding carboxylic acids is 1. The summed E-state index contributed by atoms with van der Waals surface area (Å²) in [5.41, 5.74) is 0. The van der Waals surface area contributed by atoms with Gasteiger partial charge in [-0.05, 0) is 25.3 Å². The molecule has 1 aliphatic carbocycles. The molecule has 0 saturated heterocycles. The molecule has 0 unspecified atom stereocenters. The Morgan fingerprint density at radius 3 is 2.80 bits per heavy atom. The SMILES string of the molecule is O=C1C=CCCCCCC1. The Bertz CT molecular complexity index is 136. The van der Waals surface area contributed by atoms with Crippen LogP contribution in [0, 0.1) is 0 Å². The van der Waals surface area contributed by atoms with Gasteiger partial charge >= 0.3 is 0 Å². The van der Waals surface area contributed by atoms with Gasteiger partial charge in [-0.2, -0.15) is 0 Å². The Morgan fingerprint density at radius 1 is 1.10 bits per heavy atom. The second kappa shape index (κ2) is 4.26. The second-order valence-electron chi connectivity index (χ2n) is 2.82. The van der Waals surface area contributed by atoms with Gasteiger partial charge in [0.2, 0.25) is 0 Å². The van der Waals surface area contributed by atoms with Crippen molar-refractivity contribution in [3.63, 3.8) is 0 Å². The maximum Gasteiger partial charge on any atom is 0.155 e. The van der Waals surface area contributed by atoms with E-state index >= 15 is 0 Å². The first kappa shape index (κ1) is 7.52. The highest BCUT2D eigenvalue weighted by molar-refractivity contribution is 5.89. The molecule has 0 amide bonds. The van der Waals surface area contributed by atoms with Gasteiger partial charge in [0.25, 0.3) is 0 Å². The molecule has 0 aromatic heterocycles. The molecule has 1 aliphatic rings. The molecule has 0 saturated carbocycles.